The van der Waals surface area contributed by atoms with Crippen LogP contribution in [0.3, 0.4) is 0 Å². The molecular weight excluding hydrogens is 188 g/mol. The van der Waals surface area contributed by atoms with Crippen LogP contribution in [0, 0.1) is 5.92 Å². The highest BCUT2D eigenvalue weighted by molar-refractivity contribution is 4.86. The summed E-state index contributed by atoms with van der Waals surface area (Å²) < 4.78 is 2.14. The van der Waals surface area contributed by atoms with Crippen LogP contribution in [-0.2, 0) is 13.0 Å². The summed E-state index contributed by atoms with van der Waals surface area (Å²) in [5.41, 5.74) is 0. The molecule has 2 rings (SSSR count). The van der Waals surface area contributed by atoms with Crippen molar-refractivity contribution in [3.63, 3.8) is 0 Å². The van der Waals surface area contributed by atoms with Gasteiger partial charge in [-0.1, -0.05) is 0 Å². The SMILES string of the molecule is CCn1cnnc1CCC1CCNCC1. The van der Waals surface area contributed by atoms with Crippen LogP contribution in [0.1, 0.15) is 32.0 Å². The Labute approximate surface area is 91.1 Å². The standard InChI is InChI=1S/C11H20N4/c1-2-15-9-13-14-11(15)4-3-10-5-7-12-8-6-10/h9-10,12H,2-8H2,1H3. The highest BCUT2D eigenvalue weighted by Crippen LogP contribution is 2.17. The van der Waals surface area contributed by atoms with Crippen molar-refractivity contribution in [2.24, 2.45) is 5.92 Å². The van der Waals surface area contributed by atoms with E-state index in [1.165, 1.54) is 32.4 Å². The summed E-state index contributed by atoms with van der Waals surface area (Å²) in [4.78, 5) is 0. The maximum absolute atomic E-state index is 4.17. The molecular formula is C11H20N4. The molecule has 1 N–H and O–H groups in total. The van der Waals surface area contributed by atoms with E-state index in [2.05, 4.69) is 27.0 Å². The Morgan fingerprint density at radius 1 is 1.47 bits per heavy atom. The normalized spacial score (nSPS) is 18.2. The van der Waals surface area contributed by atoms with Crippen LogP contribution in [0.25, 0.3) is 0 Å². The fourth-order valence-corrected chi connectivity index (χ4v) is 2.24. The molecule has 1 fully saturated rings. The monoisotopic (exact) mass is 208 g/mol. The fourth-order valence-electron chi connectivity index (χ4n) is 2.24. The Hall–Kier alpha value is -0.900. The number of aryl methyl sites for hydroxylation is 2. The van der Waals surface area contributed by atoms with E-state index >= 15 is 0 Å². The molecule has 1 saturated heterocycles. The van der Waals surface area contributed by atoms with Crippen LogP contribution < -0.4 is 5.32 Å². The molecule has 1 aliphatic heterocycles. The maximum Gasteiger partial charge on any atom is 0.132 e. The maximum atomic E-state index is 4.17. The Morgan fingerprint density at radius 2 is 2.27 bits per heavy atom. The second-order valence-corrected chi connectivity index (χ2v) is 4.27. The van der Waals surface area contributed by atoms with Gasteiger partial charge in [-0.15, -0.1) is 10.2 Å². The molecule has 84 valence electrons. The Morgan fingerprint density at radius 3 is 3.00 bits per heavy atom. The van der Waals surface area contributed by atoms with Crippen molar-refractivity contribution in [3.05, 3.63) is 12.2 Å². The van der Waals surface area contributed by atoms with Gasteiger partial charge in [0.1, 0.15) is 12.2 Å². The Balaban J connectivity index is 1.81. The van der Waals surface area contributed by atoms with Crippen LogP contribution in [0.2, 0.25) is 0 Å². The lowest BCUT2D eigenvalue weighted by Gasteiger charge is -2.22. The zero-order chi connectivity index (χ0) is 10.5. The van der Waals surface area contributed by atoms with Crippen LogP contribution in [0.15, 0.2) is 6.33 Å². The first-order chi connectivity index (χ1) is 7.40. The van der Waals surface area contributed by atoms with Gasteiger partial charge in [-0.2, -0.15) is 0 Å². The number of piperidine rings is 1. The van der Waals surface area contributed by atoms with Gasteiger partial charge in [0.25, 0.3) is 0 Å². The summed E-state index contributed by atoms with van der Waals surface area (Å²) in [5, 5.41) is 11.5. The van der Waals surface area contributed by atoms with Gasteiger partial charge >= 0.3 is 0 Å². The molecule has 15 heavy (non-hydrogen) atoms. The lowest BCUT2D eigenvalue weighted by atomic mass is 9.93. The number of nitrogens with zero attached hydrogens (tertiary/aromatic N) is 3. The number of aromatic nitrogens is 3. The summed E-state index contributed by atoms with van der Waals surface area (Å²) in [6.45, 7) is 5.49. The number of nitrogens with one attached hydrogen (secondary N) is 1. The van der Waals surface area contributed by atoms with Crippen LogP contribution >= 0.6 is 0 Å². The number of hydrogen-bond acceptors (Lipinski definition) is 3. The van der Waals surface area contributed by atoms with E-state index in [4.69, 9.17) is 0 Å². The predicted molar refractivity (Wildman–Crippen MR) is 59.6 cm³/mol. The van der Waals surface area contributed by atoms with E-state index in [0.717, 1.165) is 24.7 Å². The third-order valence-corrected chi connectivity index (χ3v) is 3.27. The zero-order valence-corrected chi connectivity index (χ0v) is 9.45. The molecule has 0 aliphatic carbocycles. The van der Waals surface area contributed by atoms with E-state index in [0.29, 0.717) is 0 Å². The third kappa shape index (κ3) is 2.78. The molecule has 0 aromatic carbocycles. The van der Waals surface area contributed by atoms with Gasteiger partial charge in [0, 0.05) is 13.0 Å². The Kier molecular flexibility index (Phi) is 3.72. The summed E-state index contributed by atoms with van der Waals surface area (Å²) >= 11 is 0. The minimum absolute atomic E-state index is 0.883. The Bertz CT molecular complexity index is 289. The summed E-state index contributed by atoms with van der Waals surface area (Å²) in [6.07, 6.45) is 6.82. The molecule has 0 unspecified atom stereocenters. The summed E-state index contributed by atoms with van der Waals surface area (Å²) in [7, 11) is 0. The van der Waals surface area contributed by atoms with Crippen molar-refractivity contribution in [2.75, 3.05) is 13.1 Å². The van der Waals surface area contributed by atoms with Crippen molar-refractivity contribution in [1.82, 2.24) is 20.1 Å². The highest BCUT2D eigenvalue weighted by atomic mass is 15.3. The van der Waals surface area contributed by atoms with Crippen LogP contribution in [-0.4, -0.2) is 27.9 Å². The van der Waals surface area contributed by atoms with Gasteiger partial charge in [-0.25, -0.2) is 0 Å². The molecule has 4 heteroatoms. The molecule has 0 saturated carbocycles. The van der Waals surface area contributed by atoms with E-state index in [-0.39, 0.29) is 0 Å². The molecule has 0 amide bonds. The first-order valence-electron chi connectivity index (χ1n) is 5.97. The predicted octanol–water partition coefficient (Wildman–Crippen LogP) is 1.23. The molecule has 4 nitrogen and oxygen atoms in total. The van der Waals surface area contributed by atoms with Gasteiger partial charge in [0.2, 0.25) is 0 Å². The van der Waals surface area contributed by atoms with Gasteiger partial charge in [-0.3, -0.25) is 0 Å². The largest absolute Gasteiger partial charge is 0.318 e. The van der Waals surface area contributed by atoms with Gasteiger partial charge in [0.05, 0.1) is 0 Å². The van der Waals surface area contributed by atoms with E-state index in [1.807, 2.05) is 6.33 Å². The van der Waals surface area contributed by atoms with Crippen molar-refractivity contribution < 1.29 is 0 Å². The molecule has 0 radical (unpaired) electrons. The molecule has 0 atom stereocenters. The topological polar surface area (TPSA) is 42.7 Å². The first-order valence-corrected chi connectivity index (χ1v) is 5.97. The van der Waals surface area contributed by atoms with Crippen molar-refractivity contribution in [2.45, 2.75) is 39.2 Å². The minimum atomic E-state index is 0.883. The lowest BCUT2D eigenvalue weighted by Crippen LogP contribution is -2.28. The molecule has 0 spiro atoms. The smallest absolute Gasteiger partial charge is 0.132 e. The van der Waals surface area contributed by atoms with Crippen LogP contribution in [0.4, 0.5) is 0 Å². The quantitative estimate of drug-likeness (QED) is 0.809. The summed E-state index contributed by atoms with van der Waals surface area (Å²) in [5.74, 6) is 2.03. The molecule has 2 heterocycles. The molecule has 1 aliphatic rings. The van der Waals surface area contributed by atoms with Crippen molar-refractivity contribution in [1.29, 1.82) is 0 Å². The second-order valence-electron chi connectivity index (χ2n) is 4.27. The van der Waals surface area contributed by atoms with Gasteiger partial charge < -0.3 is 9.88 Å². The summed E-state index contributed by atoms with van der Waals surface area (Å²) in [6, 6.07) is 0. The minimum Gasteiger partial charge on any atom is -0.318 e. The fraction of sp³-hybridized carbons (Fsp3) is 0.818. The van der Waals surface area contributed by atoms with Crippen LogP contribution in [0.5, 0.6) is 0 Å². The first kappa shape index (κ1) is 10.6. The van der Waals surface area contributed by atoms with E-state index in [1.54, 1.807) is 0 Å². The van der Waals surface area contributed by atoms with E-state index < -0.39 is 0 Å². The number of rotatable bonds is 4. The number of hydrogen-bond donors (Lipinski definition) is 1. The molecule has 0 bridgehead atoms. The molecule has 1 aromatic rings. The van der Waals surface area contributed by atoms with Gasteiger partial charge in [-0.05, 0) is 45.2 Å². The van der Waals surface area contributed by atoms with Crippen molar-refractivity contribution in [3.8, 4) is 0 Å². The van der Waals surface area contributed by atoms with Gasteiger partial charge in [0.15, 0.2) is 0 Å². The molecule has 1 aromatic heterocycles. The second kappa shape index (κ2) is 5.26. The average molecular weight is 208 g/mol. The average Bonchev–Trinajstić information content (AvgIpc) is 2.75. The lowest BCUT2D eigenvalue weighted by molar-refractivity contribution is 0.350. The van der Waals surface area contributed by atoms with E-state index in [9.17, 15) is 0 Å². The van der Waals surface area contributed by atoms with Crippen molar-refractivity contribution >= 4 is 0 Å². The highest BCUT2D eigenvalue weighted by Gasteiger charge is 2.14. The third-order valence-electron chi connectivity index (χ3n) is 3.27. The zero-order valence-electron chi connectivity index (χ0n) is 9.45.